The summed E-state index contributed by atoms with van der Waals surface area (Å²) in [5, 5.41) is 1.87. The van der Waals surface area contributed by atoms with Gasteiger partial charge in [0.25, 0.3) is 0 Å². The maximum Gasteiger partial charge on any atom is 2.00 e. The molecule has 0 aliphatic heterocycles. The fourth-order valence-corrected chi connectivity index (χ4v) is 9.16. The molecule has 0 atom stereocenters. The van der Waals surface area contributed by atoms with E-state index in [0.717, 1.165) is 103 Å². The second kappa shape index (κ2) is 22.7. The van der Waals surface area contributed by atoms with Gasteiger partial charge in [0.1, 0.15) is 0 Å². The molecule has 0 N–H and O–H groups in total. The van der Waals surface area contributed by atoms with Crippen molar-refractivity contribution in [2.75, 3.05) is 0 Å². The van der Waals surface area contributed by atoms with E-state index in [0.29, 0.717) is 28.9 Å². The van der Waals surface area contributed by atoms with Gasteiger partial charge in [-0.25, -0.2) is 9.97 Å². The molecule has 0 radical (unpaired) electrons. The molecule has 0 unspecified atom stereocenters. The minimum Gasteiger partial charge on any atom is -0.502 e. The monoisotopic (exact) mass is 1200 g/mol. The zero-order chi connectivity index (χ0) is 47.4. The first kappa shape index (κ1) is 50.8. The molecule has 0 fully saturated rings. The van der Waals surface area contributed by atoms with Gasteiger partial charge in [-0.05, 0) is 65.4 Å². The summed E-state index contributed by atoms with van der Waals surface area (Å²) in [6.07, 6.45) is 11.3. The molecular weight excluding hydrogens is 1150 g/mol. The molecule has 0 bridgehead atoms. The number of pyridine rings is 2. The van der Waals surface area contributed by atoms with Crippen molar-refractivity contribution < 1.29 is 51.0 Å². The maximum absolute atomic E-state index is 7.01. The van der Waals surface area contributed by atoms with Gasteiger partial charge in [0.2, 0.25) is 5.95 Å². The summed E-state index contributed by atoms with van der Waals surface area (Å²) in [6.45, 7) is 13.3. The summed E-state index contributed by atoms with van der Waals surface area (Å²) in [7, 11) is 0. The molecule has 0 spiro atoms. The number of rotatable bonds is 15. The molecule has 6 aromatic carbocycles. The predicted octanol–water partition coefficient (Wildman–Crippen LogP) is 16.0. The van der Waals surface area contributed by atoms with Crippen molar-refractivity contribution in [1.29, 1.82) is 0 Å². The van der Waals surface area contributed by atoms with Crippen LogP contribution in [0, 0.1) is 24.3 Å². The standard InChI is InChI=1S/C62H53N5O2.Pd.Pt/c1-7-14-42-18-22-44(23-19-42)60-52(40(3)4)34-46(54-16-9-11-30-63-54)36-58(60)68-48-26-28-50-51-29-27-49(39-57(51)67(56(50)38-48)62-65-32-13-33-66-62)69-59-37-47(55-17-10-12-31-64-55)35-53(41(5)6)61(59)45-24-20-43(15-8-2)21-25-45;;/h9-13,16-35,40-41H,7-8,14-15H2,1-6H3;;/q-4;2*+2. The molecule has 0 saturated heterocycles. The smallest absolute Gasteiger partial charge is 0.502 e. The van der Waals surface area contributed by atoms with Crippen molar-refractivity contribution >= 4 is 21.8 Å². The normalized spacial score (nSPS) is 11.2. The molecule has 0 aliphatic rings. The largest absolute Gasteiger partial charge is 2.00 e. The second-order valence-corrected chi connectivity index (χ2v) is 18.1. The number of aromatic nitrogens is 5. The summed E-state index contributed by atoms with van der Waals surface area (Å²) in [6, 6.07) is 58.4. The Bertz CT molecular complexity index is 3190. The third-order valence-electron chi connectivity index (χ3n) is 12.5. The third-order valence-corrected chi connectivity index (χ3v) is 12.5. The Morgan fingerprint density at radius 1 is 0.493 bits per heavy atom. The Kier molecular flexibility index (Phi) is 16.2. The quantitative estimate of drug-likeness (QED) is 0.0752. The molecule has 0 saturated carbocycles. The minimum absolute atomic E-state index is 0. The number of aryl methyl sites for hydroxylation is 2. The van der Waals surface area contributed by atoms with Crippen molar-refractivity contribution in [3.8, 4) is 73.7 Å². The SMILES string of the molecule is CCCc1ccc(-c2c(Oc3[c-]c4c(cc3)c3ccc(Oc5[c-]c(-c6ccccn6)cc(C(C)C)c5-c5ccc(CCC)cc5)[c-]c3n4-c3ncccn3)[c-]c(-c3ccccn3)cc2C(C)C)cc1.[Pd+2].[Pt+2]. The van der Waals surface area contributed by atoms with Gasteiger partial charge in [0, 0.05) is 47.8 Å². The Morgan fingerprint density at radius 2 is 0.915 bits per heavy atom. The van der Waals surface area contributed by atoms with Crippen LogP contribution in [0.1, 0.15) is 88.5 Å². The summed E-state index contributed by atoms with van der Waals surface area (Å²) in [5.41, 5.74) is 13.8. The van der Waals surface area contributed by atoms with Crippen molar-refractivity contribution in [2.24, 2.45) is 0 Å². The first-order valence-corrected chi connectivity index (χ1v) is 24.0. The van der Waals surface area contributed by atoms with E-state index in [4.69, 9.17) is 29.4 Å². The summed E-state index contributed by atoms with van der Waals surface area (Å²) >= 11 is 0. The van der Waals surface area contributed by atoms with Gasteiger partial charge in [-0.3, -0.25) is 0 Å². The van der Waals surface area contributed by atoms with E-state index in [2.05, 4.69) is 139 Å². The summed E-state index contributed by atoms with van der Waals surface area (Å²) in [5.74, 6) is 3.06. The van der Waals surface area contributed by atoms with E-state index in [1.165, 1.54) is 11.1 Å². The van der Waals surface area contributed by atoms with Gasteiger partial charge >= 0.3 is 41.5 Å². The Labute approximate surface area is 445 Å². The Morgan fingerprint density at radius 3 is 1.30 bits per heavy atom. The fourth-order valence-electron chi connectivity index (χ4n) is 9.16. The molecule has 7 nitrogen and oxygen atoms in total. The van der Waals surface area contributed by atoms with Crippen LogP contribution in [0.5, 0.6) is 23.0 Å². The number of ether oxygens (including phenoxy) is 2. The van der Waals surface area contributed by atoms with Gasteiger partial charge in [0.05, 0.1) is 0 Å². The summed E-state index contributed by atoms with van der Waals surface area (Å²) in [4.78, 5) is 18.9. The first-order chi connectivity index (χ1) is 33.8. The molecule has 71 heavy (non-hydrogen) atoms. The fraction of sp³-hybridized carbons (Fsp3) is 0.194. The molecule has 0 aliphatic carbocycles. The van der Waals surface area contributed by atoms with Gasteiger partial charge in [-0.15, -0.1) is 58.7 Å². The van der Waals surface area contributed by atoms with E-state index in [1.807, 2.05) is 71.6 Å². The van der Waals surface area contributed by atoms with Crippen LogP contribution in [0.15, 0.2) is 152 Å². The van der Waals surface area contributed by atoms with Crippen LogP contribution in [0.25, 0.3) is 72.5 Å². The van der Waals surface area contributed by atoms with Crippen molar-refractivity contribution in [3.05, 3.63) is 199 Å². The van der Waals surface area contributed by atoms with Crippen LogP contribution < -0.4 is 9.47 Å². The van der Waals surface area contributed by atoms with Gasteiger partial charge < -0.3 is 24.0 Å². The van der Waals surface area contributed by atoms with Crippen LogP contribution in [-0.4, -0.2) is 24.5 Å². The van der Waals surface area contributed by atoms with E-state index >= 15 is 0 Å². The van der Waals surface area contributed by atoms with Gasteiger partial charge in [-0.2, -0.15) is 22.9 Å². The van der Waals surface area contributed by atoms with Crippen molar-refractivity contribution in [3.63, 3.8) is 0 Å². The van der Waals surface area contributed by atoms with E-state index in [1.54, 1.807) is 12.4 Å². The van der Waals surface area contributed by atoms with E-state index in [9.17, 15) is 0 Å². The van der Waals surface area contributed by atoms with Crippen LogP contribution in [-0.2, 0) is 54.3 Å². The molecule has 4 heterocycles. The van der Waals surface area contributed by atoms with Crippen LogP contribution in [0.4, 0.5) is 0 Å². The first-order valence-electron chi connectivity index (χ1n) is 24.0. The number of fused-ring (bicyclic) bond motifs is 3. The Balaban J connectivity index is 0.00000338. The van der Waals surface area contributed by atoms with Crippen molar-refractivity contribution in [1.82, 2.24) is 24.5 Å². The molecule has 9 heteroatoms. The van der Waals surface area contributed by atoms with Crippen LogP contribution >= 0.6 is 0 Å². The topological polar surface area (TPSA) is 75.0 Å². The molecular formula is C62H53N5O2PdPt. The zero-order valence-electron chi connectivity index (χ0n) is 40.6. The summed E-state index contributed by atoms with van der Waals surface area (Å²) < 4.78 is 16.0. The van der Waals surface area contributed by atoms with Gasteiger partial charge in [-0.1, -0.05) is 173 Å². The number of nitrogens with zero attached hydrogens (tertiary/aromatic N) is 5. The van der Waals surface area contributed by atoms with Crippen molar-refractivity contribution in [2.45, 2.75) is 79.1 Å². The van der Waals surface area contributed by atoms with Crippen LogP contribution in [0.2, 0.25) is 0 Å². The van der Waals surface area contributed by atoms with E-state index in [-0.39, 0.29) is 53.3 Å². The molecule has 0 amide bonds. The minimum atomic E-state index is 0. The van der Waals surface area contributed by atoms with Gasteiger partial charge in [0.15, 0.2) is 0 Å². The van der Waals surface area contributed by atoms with E-state index < -0.39 is 0 Å². The number of hydrogen-bond donors (Lipinski definition) is 0. The predicted molar refractivity (Wildman–Crippen MR) is 278 cm³/mol. The second-order valence-electron chi connectivity index (χ2n) is 18.1. The third kappa shape index (κ3) is 10.7. The average Bonchev–Trinajstić information content (AvgIpc) is 3.70. The Hall–Kier alpha value is -6.55. The molecule has 10 rings (SSSR count). The molecule has 10 aromatic rings. The number of hydrogen-bond acceptors (Lipinski definition) is 6. The molecule has 4 aromatic heterocycles. The number of benzene rings is 6. The maximum atomic E-state index is 7.01. The average molecular weight is 1200 g/mol. The van der Waals surface area contributed by atoms with Crippen LogP contribution in [0.3, 0.4) is 0 Å². The molecule has 358 valence electrons. The zero-order valence-corrected chi connectivity index (χ0v) is 44.4.